The van der Waals surface area contributed by atoms with Crippen molar-refractivity contribution in [3.8, 4) is 0 Å². The Bertz CT molecular complexity index is 1330. The molecule has 7 nitrogen and oxygen atoms in total. The van der Waals surface area contributed by atoms with Gasteiger partial charge in [-0.3, -0.25) is 4.79 Å². The van der Waals surface area contributed by atoms with Crippen molar-refractivity contribution in [2.24, 2.45) is 5.92 Å². The van der Waals surface area contributed by atoms with Crippen LogP contribution in [0.25, 0.3) is 0 Å². The average molecular weight is 491 g/mol. The Hall–Kier alpha value is -3.49. The number of aryl methyl sites for hydroxylation is 1. The molecule has 0 unspecified atom stereocenters. The molecule has 3 aromatic rings. The second-order valence-electron chi connectivity index (χ2n) is 8.89. The van der Waals surface area contributed by atoms with Crippen molar-refractivity contribution in [3.63, 3.8) is 0 Å². The number of sulfonamides is 1. The third-order valence-electron chi connectivity index (χ3n) is 6.73. The van der Waals surface area contributed by atoms with Gasteiger partial charge in [-0.15, -0.1) is 0 Å². The molecule has 8 heteroatoms. The number of carbonyl (C=O) groups excluding carboxylic acids is 2. The number of nitrogens with zero attached hydrogens (tertiary/aromatic N) is 2. The summed E-state index contributed by atoms with van der Waals surface area (Å²) in [7, 11) is -3.87. The first kappa shape index (κ1) is 23.3. The van der Waals surface area contributed by atoms with E-state index in [0.717, 1.165) is 16.7 Å². The van der Waals surface area contributed by atoms with Crippen molar-refractivity contribution in [2.75, 3.05) is 13.2 Å². The van der Waals surface area contributed by atoms with E-state index in [-0.39, 0.29) is 18.0 Å². The summed E-state index contributed by atoms with van der Waals surface area (Å²) in [5.74, 6) is -1.15. The minimum atomic E-state index is -3.87. The van der Waals surface area contributed by atoms with E-state index in [9.17, 15) is 18.0 Å². The molecular formula is C27H26N2O5S. The lowest BCUT2D eigenvalue weighted by Gasteiger charge is -2.30. The monoisotopic (exact) mass is 490 g/mol. The first-order valence-electron chi connectivity index (χ1n) is 11.6. The predicted octanol–water partition coefficient (Wildman–Crippen LogP) is 4.47. The quantitative estimate of drug-likeness (QED) is 0.527. The second kappa shape index (κ2) is 9.28. The molecule has 0 aliphatic carbocycles. The fraction of sp³-hybridized carbons (Fsp3) is 0.259. The molecule has 180 valence electrons. The Morgan fingerprint density at radius 3 is 2.17 bits per heavy atom. The standard InChI is InChI=1S/C27H26N2O5S/c1-19-12-14-21(15-13-19)25-23(16-17-28(25)35(32,33)22-10-6-3-7-11-22)26(30)29-24(18-34-27(29)31)20-8-4-2-5-9-20/h2-15,23-25H,16-18H2,1H3/t23-,24-,25-/m1/s1. The van der Waals surface area contributed by atoms with Crippen LogP contribution < -0.4 is 0 Å². The highest BCUT2D eigenvalue weighted by molar-refractivity contribution is 7.89. The fourth-order valence-corrected chi connectivity index (χ4v) is 6.63. The highest BCUT2D eigenvalue weighted by Gasteiger charge is 2.50. The average Bonchev–Trinajstić information content (AvgIpc) is 3.50. The van der Waals surface area contributed by atoms with Crippen LogP contribution >= 0.6 is 0 Å². The van der Waals surface area contributed by atoms with Gasteiger partial charge in [-0.2, -0.15) is 4.31 Å². The van der Waals surface area contributed by atoms with E-state index in [1.807, 2.05) is 61.5 Å². The van der Waals surface area contributed by atoms with Gasteiger partial charge in [-0.05, 0) is 36.6 Å². The van der Waals surface area contributed by atoms with Crippen LogP contribution in [-0.2, 0) is 19.6 Å². The number of hydrogen-bond acceptors (Lipinski definition) is 5. The van der Waals surface area contributed by atoms with Gasteiger partial charge < -0.3 is 4.74 Å². The molecule has 2 aliphatic rings. The van der Waals surface area contributed by atoms with E-state index in [0.29, 0.717) is 6.42 Å². The number of rotatable bonds is 5. The largest absolute Gasteiger partial charge is 0.446 e. The van der Waals surface area contributed by atoms with Gasteiger partial charge in [0.1, 0.15) is 12.6 Å². The minimum Gasteiger partial charge on any atom is -0.446 e. The summed E-state index contributed by atoms with van der Waals surface area (Å²) >= 11 is 0. The van der Waals surface area contributed by atoms with E-state index in [2.05, 4.69) is 0 Å². The van der Waals surface area contributed by atoms with Crippen LogP contribution in [0.15, 0.2) is 89.8 Å². The van der Waals surface area contributed by atoms with Crippen molar-refractivity contribution in [2.45, 2.75) is 30.3 Å². The number of imide groups is 1. The topological polar surface area (TPSA) is 84.0 Å². The first-order chi connectivity index (χ1) is 16.9. The number of amides is 2. The maximum Gasteiger partial charge on any atom is 0.417 e. The predicted molar refractivity (Wildman–Crippen MR) is 130 cm³/mol. The first-order valence-corrected chi connectivity index (χ1v) is 13.0. The van der Waals surface area contributed by atoms with E-state index >= 15 is 0 Å². The molecular weight excluding hydrogens is 464 g/mol. The maximum atomic E-state index is 13.9. The molecule has 5 rings (SSSR count). The van der Waals surface area contributed by atoms with Crippen LogP contribution in [-0.4, -0.2) is 42.8 Å². The minimum absolute atomic E-state index is 0.0720. The van der Waals surface area contributed by atoms with E-state index in [1.54, 1.807) is 30.3 Å². The fourth-order valence-electron chi connectivity index (χ4n) is 4.95. The summed E-state index contributed by atoms with van der Waals surface area (Å²) in [6.45, 7) is 2.19. The summed E-state index contributed by atoms with van der Waals surface area (Å²) < 4.78 is 33.9. The molecule has 2 fully saturated rings. The third kappa shape index (κ3) is 4.24. The Kier molecular flexibility index (Phi) is 6.17. The highest BCUT2D eigenvalue weighted by Crippen LogP contribution is 2.43. The van der Waals surface area contributed by atoms with Crippen LogP contribution in [0.3, 0.4) is 0 Å². The number of carbonyl (C=O) groups is 2. The molecule has 0 saturated carbocycles. The zero-order valence-corrected chi connectivity index (χ0v) is 20.1. The van der Waals surface area contributed by atoms with Gasteiger partial charge in [0.25, 0.3) is 0 Å². The molecule has 0 radical (unpaired) electrons. The number of ether oxygens (including phenoxy) is 1. The van der Waals surface area contributed by atoms with Crippen LogP contribution in [0.4, 0.5) is 4.79 Å². The SMILES string of the molecule is Cc1ccc([C@@H]2[C@H](C(=O)N3C(=O)OC[C@@H]3c3ccccc3)CCN2S(=O)(=O)c2ccccc2)cc1. The summed E-state index contributed by atoms with van der Waals surface area (Å²) in [6.07, 6.45) is -0.398. The van der Waals surface area contributed by atoms with Crippen LogP contribution in [0.5, 0.6) is 0 Å². The summed E-state index contributed by atoms with van der Waals surface area (Å²) in [5, 5.41) is 0. The molecule has 2 aliphatic heterocycles. The number of benzene rings is 3. The smallest absolute Gasteiger partial charge is 0.417 e. The zero-order chi connectivity index (χ0) is 24.6. The van der Waals surface area contributed by atoms with Crippen molar-refractivity contribution in [1.82, 2.24) is 9.21 Å². The van der Waals surface area contributed by atoms with Gasteiger partial charge in [-0.1, -0.05) is 78.4 Å². The summed E-state index contributed by atoms with van der Waals surface area (Å²) in [6, 6.07) is 23.7. The molecule has 0 spiro atoms. The highest BCUT2D eigenvalue weighted by atomic mass is 32.2. The van der Waals surface area contributed by atoms with Crippen molar-refractivity contribution in [3.05, 3.63) is 102 Å². The van der Waals surface area contributed by atoms with Crippen LogP contribution in [0.2, 0.25) is 0 Å². The normalized spacial score (nSPS) is 22.8. The molecule has 0 aromatic heterocycles. The number of hydrogen-bond donors (Lipinski definition) is 0. The van der Waals surface area contributed by atoms with Crippen molar-refractivity contribution < 1.29 is 22.7 Å². The van der Waals surface area contributed by atoms with Gasteiger partial charge in [0, 0.05) is 6.54 Å². The lowest BCUT2D eigenvalue weighted by molar-refractivity contribution is -0.134. The molecule has 35 heavy (non-hydrogen) atoms. The number of cyclic esters (lactones) is 1. The second-order valence-corrected chi connectivity index (χ2v) is 10.8. The Balaban J connectivity index is 1.54. The van der Waals surface area contributed by atoms with E-state index in [4.69, 9.17) is 4.74 Å². The van der Waals surface area contributed by atoms with Crippen LogP contribution in [0.1, 0.15) is 35.2 Å². The van der Waals surface area contributed by atoms with E-state index in [1.165, 1.54) is 9.21 Å². The Morgan fingerprint density at radius 1 is 0.886 bits per heavy atom. The van der Waals surface area contributed by atoms with Gasteiger partial charge >= 0.3 is 6.09 Å². The Morgan fingerprint density at radius 2 is 1.51 bits per heavy atom. The lowest BCUT2D eigenvalue weighted by Crippen LogP contribution is -2.41. The molecule has 0 N–H and O–H groups in total. The molecule has 2 saturated heterocycles. The molecule has 3 atom stereocenters. The molecule has 2 heterocycles. The van der Waals surface area contributed by atoms with Crippen LogP contribution in [0, 0.1) is 12.8 Å². The molecule has 3 aromatic carbocycles. The van der Waals surface area contributed by atoms with Gasteiger partial charge in [-0.25, -0.2) is 18.1 Å². The maximum absolute atomic E-state index is 13.9. The van der Waals surface area contributed by atoms with Crippen molar-refractivity contribution in [1.29, 1.82) is 0 Å². The zero-order valence-electron chi connectivity index (χ0n) is 19.3. The van der Waals surface area contributed by atoms with E-state index < -0.39 is 40.0 Å². The lowest BCUT2D eigenvalue weighted by atomic mass is 9.91. The van der Waals surface area contributed by atoms with Crippen molar-refractivity contribution >= 4 is 22.0 Å². The van der Waals surface area contributed by atoms with Gasteiger partial charge in [0.2, 0.25) is 15.9 Å². The van der Waals surface area contributed by atoms with Gasteiger partial charge in [0.05, 0.1) is 16.9 Å². The third-order valence-corrected chi connectivity index (χ3v) is 8.63. The Labute approximate surface area is 205 Å². The summed E-state index contributed by atoms with van der Waals surface area (Å²) in [5.41, 5.74) is 2.54. The molecule has 0 bridgehead atoms. The summed E-state index contributed by atoms with van der Waals surface area (Å²) in [4.78, 5) is 27.9. The molecule has 2 amide bonds. The van der Waals surface area contributed by atoms with Gasteiger partial charge in [0.15, 0.2) is 0 Å².